The van der Waals surface area contributed by atoms with Crippen LogP contribution < -0.4 is 10.0 Å². The molecule has 96 valence electrons. The number of hydrogen-bond acceptors (Lipinski definition) is 5. The summed E-state index contributed by atoms with van der Waals surface area (Å²) >= 11 is 1.46. The number of thiazole rings is 1. The van der Waals surface area contributed by atoms with Gasteiger partial charge in [-0.3, -0.25) is 4.72 Å². The molecule has 0 aliphatic heterocycles. The van der Waals surface area contributed by atoms with E-state index in [4.69, 9.17) is 0 Å². The van der Waals surface area contributed by atoms with Crippen molar-refractivity contribution in [3.8, 4) is 0 Å². The SMILES string of the molecule is CNCC(C)S(=O)(=O)Nc1nc2c(s1)CCC2. The minimum Gasteiger partial charge on any atom is -0.318 e. The van der Waals surface area contributed by atoms with Gasteiger partial charge in [-0.1, -0.05) is 0 Å². The van der Waals surface area contributed by atoms with Crippen LogP contribution in [0.4, 0.5) is 5.13 Å². The summed E-state index contributed by atoms with van der Waals surface area (Å²) in [7, 11) is -1.59. The lowest BCUT2D eigenvalue weighted by Crippen LogP contribution is -2.33. The highest BCUT2D eigenvalue weighted by Crippen LogP contribution is 2.31. The van der Waals surface area contributed by atoms with E-state index < -0.39 is 15.3 Å². The number of anilines is 1. The quantitative estimate of drug-likeness (QED) is 0.840. The smallest absolute Gasteiger partial charge is 0.238 e. The van der Waals surface area contributed by atoms with Crippen LogP contribution in [-0.2, 0) is 22.9 Å². The van der Waals surface area contributed by atoms with E-state index in [2.05, 4.69) is 15.0 Å². The first-order valence-electron chi connectivity index (χ1n) is 5.67. The highest BCUT2D eigenvalue weighted by molar-refractivity contribution is 7.93. The molecule has 1 aromatic rings. The number of nitrogens with zero attached hydrogens (tertiary/aromatic N) is 1. The van der Waals surface area contributed by atoms with E-state index in [1.165, 1.54) is 16.2 Å². The third kappa shape index (κ3) is 2.78. The number of nitrogens with one attached hydrogen (secondary N) is 2. The first-order chi connectivity index (χ1) is 8.03. The lowest BCUT2D eigenvalue weighted by Gasteiger charge is -2.12. The topological polar surface area (TPSA) is 71.1 Å². The fourth-order valence-corrected chi connectivity index (χ4v) is 4.15. The molecule has 0 fully saturated rings. The predicted octanol–water partition coefficient (Wildman–Crippen LogP) is 0.981. The Kier molecular flexibility index (Phi) is 3.70. The summed E-state index contributed by atoms with van der Waals surface area (Å²) in [4.78, 5) is 5.55. The summed E-state index contributed by atoms with van der Waals surface area (Å²) in [5.41, 5.74) is 1.06. The van der Waals surface area contributed by atoms with E-state index in [-0.39, 0.29) is 0 Å². The molecule has 0 spiro atoms. The molecule has 1 heterocycles. The Labute approximate surface area is 106 Å². The monoisotopic (exact) mass is 275 g/mol. The fraction of sp³-hybridized carbons (Fsp3) is 0.700. The molecule has 0 radical (unpaired) electrons. The van der Waals surface area contributed by atoms with Gasteiger partial charge >= 0.3 is 0 Å². The maximum atomic E-state index is 11.9. The van der Waals surface area contributed by atoms with Crippen molar-refractivity contribution in [3.63, 3.8) is 0 Å². The number of rotatable bonds is 5. The average molecular weight is 275 g/mol. The van der Waals surface area contributed by atoms with Crippen LogP contribution in [0.5, 0.6) is 0 Å². The van der Waals surface area contributed by atoms with Crippen LogP contribution in [0.15, 0.2) is 0 Å². The van der Waals surface area contributed by atoms with Crippen LogP contribution in [0.1, 0.15) is 23.9 Å². The fourth-order valence-electron chi connectivity index (χ4n) is 1.85. The Bertz CT molecular complexity index is 474. The standard InChI is InChI=1S/C10H17N3O2S2/c1-7(6-11-2)17(14,15)13-10-12-8-4-3-5-9(8)16-10/h7,11H,3-6H2,1-2H3,(H,12,13). The van der Waals surface area contributed by atoms with Gasteiger partial charge in [0.25, 0.3) is 0 Å². The van der Waals surface area contributed by atoms with Gasteiger partial charge in [0.05, 0.1) is 10.9 Å². The largest absolute Gasteiger partial charge is 0.318 e. The van der Waals surface area contributed by atoms with Crippen LogP contribution in [0, 0.1) is 0 Å². The Morgan fingerprint density at radius 1 is 1.47 bits per heavy atom. The second-order valence-electron chi connectivity index (χ2n) is 4.26. The number of aromatic nitrogens is 1. The van der Waals surface area contributed by atoms with Gasteiger partial charge < -0.3 is 5.32 Å². The summed E-state index contributed by atoms with van der Waals surface area (Å²) in [6.07, 6.45) is 3.14. The normalized spacial score (nSPS) is 16.8. The van der Waals surface area contributed by atoms with Crippen molar-refractivity contribution >= 4 is 26.5 Å². The lowest BCUT2D eigenvalue weighted by molar-refractivity contribution is 0.583. The second kappa shape index (κ2) is 4.91. The maximum Gasteiger partial charge on any atom is 0.238 e. The van der Waals surface area contributed by atoms with Gasteiger partial charge in [-0.2, -0.15) is 0 Å². The van der Waals surface area contributed by atoms with E-state index in [1.807, 2.05) is 0 Å². The third-order valence-electron chi connectivity index (χ3n) is 2.85. The maximum absolute atomic E-state index is 11.9. The molecule has 0 bridgehead atoms. The minimum absolute atomic E-state index is 0.431. The zero-order chi connectivity index (χ0) is 12.5. The molecule has 0 saturated heterocycles. The van der Waals surface area contributed by atoms with Gasteiger partial charge in [-0.25, -0.2) is 13.4 Å². The van der Waals surface area contributed by atoms with Crippen LogP contribution in [0.3, 0.4) is 0 Å². The number of aryl methyl sites for hydroxylation is 2. The molecular weight excluding hydrogens is 258 g/mol. The van der Waals surface area contributed by atoms with Gasteiger partial charge in [0, 0.05) is 11.4 Å². The Balaban J connectivity index is 2.09. The summed E-state index contributed by atoms with van der Waals surface area (Å²) < 4.78 is 26.4. The van der Waals surface area contributed by atoms with Gasteiger partial charge in [0.1, 0.15) is 0 Å². The predicted molar refractivity (Wildman–Crippen MR) is 70.1 cm³/mol. The van der Waals surface area contributed by atoms with Crippen LogP contribution in [0.2, 0.25) is 0 Å². The Morgan fingerprint density at radius 2 is 2.24 bits per heavy atom. The highest BCUT2D eigenvalue weighted by atomic mass is 32.2. The van der Waals surface area contributed by atoms with Gasteiger partial charge in [0.2, 0.25) is 10.0 Å². The van der Waals surface area contributed by atoms with E-state index in [0.29, 0.717) is 11.7 Å². The third-order valence-corrected chi connectivity index (χ3v) is 5.75. The molecule has 0 amide bonds. The van der Waals surface area contributed by atoms with Crippen LogP contribution in [0.25, 0.3) is 0 Å². The van der Waals surface area contributed by atoms with E-state index in [9.17, 15) is 8.42 Å². The molecule has 1 aliphatic rings. The van der Waals surface area contributed by atoms with E-state index >= 15 is 0 Å². The van der Waals surface area contributed by atoms with E-state index in [0.717, 1.165) is 25.0 Å². The lowest BCUT2D eigenvalue weighted by atomic mass is 10.4. The summed E-state index contributed by atoms with van der Waals surface area (Å²) in [6, 6.07) is 0. The summed E-state index contributed by atoms with van der Waals surface area (Å²) in [5, 5.41) is 2.91. The van der Waals surface area contributed by atoms with Crippen molar-refractivity contribution in [1.29, 1.82) is 0 Å². The highest BCUT2D eigenvalue weighted by Gasteiger charge is 2.23. The number of hydrogen-bond donors (Lipinski definition) is 2. The molecule has 2 rings (SSSR count). The van der Waals surface area contributed by atoms with Crippen molar-refractivity contribution in [2.75, 3.05) is 18.3 Å². The second-order valence-corrected chi connectivity index (χ2v) is 7.44. The van der Waals surface area contributed by atoms with Crippen LogP contribution >= 0.6 is 11.3 Å². The molecule has 1 aliphatic carbocycles. The zero-order valence-electron chi connectivity index (χ0n) is 9.99. The molecule has 0 saturated carbocycles. The molecule has 2 N–H and O–H groups in total. The van der Waals surface area contributed by atoms with Gasteiger partial charge in [0.15, 0.2) is 5.13 Å². The molecular formula is C10H17N3O2S2. The molecule has 5 nitrogen and oxygen atoms in total. The molecule has 1 unspecified atom stereocenters. The first kappa shape index (κ1) is 12.8. The first-order valence-corrected chi connectivity index (χ1v) is 8.04. The Morgan fingerprint density at radius 3 is 2.88 bits per heavy atom. The van der Waals surface area contributed by atoms with Gasteiger partial charge in [-0.05, 0) is 33.2 Å². The molecule has 0 aromatic carbocycles. The Hall–Kier alpha value is -0.660. The summed E-state index contributed by atoms with van der Waals surface area (Å²) in [6.45, 7) is 2.11. The van der Waals surface area contributed by atoms with Crippen molar-refractivity contribution in [3.05, 3.63) is 10.6 Å². The van der Waals surface area contributed by atoms with Crippen molar-refractivity contribution in [2.24, 2.45) is 0 Å². The molecule has 1 aromatic heterocycles. The average Bonchev–Trinajstić information content (AvgIpc) is 2.77. The van der Waals surface area contributed by atoms with Crippen molar-refractivity contribution in [2.45, 2.75) is 31.4 Å². The van der Waals surface area contributed by atoms with Crippen molar-refractivity contribution in [1.82, 2.24) is 10.3 Å². The van der Waals surface area contributed by atoms with Gasteiger partial charge in [-0.15, -0.1) is 11.3 Å². The molecule has 7 heteroatoms. The summed E-state index contributed by atoms with van der Waals surface area (Å²) in [5.74, 6) is 0. The number of sulfonamides is 1. The van der Waals surface area contributed by atoms with E-state index in [1.54, 1.807) is 14.0 Å². The molecule has 17 heavy (non-hydrogen) atoms. The van der Waals surface area contributed by atoms with Crippen molar-refractivity contribution < 1.29 is 8.42 Å². The zero-order valence-corrected chi connectivity index (χ0v) is 11.6. The molecule has 1 atom stereocenters. The minimum atomic E-state index is -3.33. The van der Waals surface area contributed by atoms with Crippen LogP contribution in [-0.4, -0.2) is 32.2 Å². The number of fused-ring (bicyclic) bond motifs is 1.